The Morgan fingerprint density at radius 2 is 2.09 bits per heavy atom. The molecule has 7 nitrogen and oxygen atoms in total. The first-order valence-corrected chi connectivity index (χ1v) is 7.05. The number of amides is 1. The third-order valence-corrected chi connectivity index (χ3v) is 4.42. The van der Waals surface area contributed by atoms with Crippen LogP contribution in [0.15, 0.2) is 24.3 Å². The summed E-state index contributed by atoms with van der Waals surface area (Å²) in [5, 5.41) is 20.3. The van der Waals surface area contributed by atoms with Crippen LogP contribution in [0.3, 0.4) is 0 Å². The fourth-order valence-corrected chi connectivity index (χ4v) is 2.83. The minimum atomic E-state index is -0.948. The normalized spacial score (nSPS) is 21.1. The topological polar surface area (TPSA) is 101 Å². The lowest BCUT2D eigenvalue weighted by Crippen LogP contribution is -2.40. The number of carboxylic acids is 1. The van der Waals surface area contributed by atoms with Gasteiger partial charge in [-0.15, -0.1) is 0 Å². The molecule has 0 bridgehead atoms. The van der Waals surface area contributed by atoms with Crippen molar-refractivity contribution in [2.45, 2.75) is 20.3 Å². The van der Waals surface area contributed by atoms with Crippen LogP contribution in [0.25, 0.3) is 0 Å². The molecule has 2 rings (SSSR count). The van der Waals surface area contributed by atoms with Gasteiger partial charge in [-0.3, -0.25) is 19.7 Å². The van der Waals surface area contributed by atoms with E-state index in [1.165, 1.54) is 29.2 Å². The molecule has 1 saturated heterocycles. The molecule has 1 N–H and O–H groups in total. The lowest BCUT2D eigenvalue weighted by atomic mass is 9.76. The SMILES string of the molecule is CC(C)C1(C(=O)O)CCN(C(=O)c2cccc([N+](=O)[O-])c2)C1. The first kappa shape index (κ1) is 15.9. The van der Waals surface area contributed by atoms with Gasteiger partial charge in [-0.1, -0.05) is 19.9 Å². The molecule has 1 heterocycles. The predicted octanol–water partition coefficient (Wildman–Crippen LogP) is 2.17. The number of nitro groups is 1. The monoisotopic (exact) mass is 306 g/mol. The lowest BCUT2D eigenvalue weighted by molar-refractivity contribution is -0.384. The number of carboxylic acid groups (broad SMARTS) is 1. The van der Waals surface area contributed by atoms with Crippen LogP contribution in [0.2, 0.25) is 0 Å². The number of nitro benzene ring substituents is 1. The summed E-state index contributed by atoms with van der Waals surface area (Å²) in [6, 6.07) is 5.49. The Labute approximate surface area is 127 Å². The van der Waals surface area contributed by atoms with Gasteiger partial charge < -0.3 is 10.0 Å². The highest BCUT2D eigenvalue weighted by molar-refractivity contribution is 5.95. The Balaban J connectivity index is 2.23. The molecule has 1 amide bonds. The molecule has 118 valence electrons. The molecule has 0 radical (unpaired) electrons. The number of carbonyl (C=O) groups is 2. The Morgan fingerprint density at radius 1 is 1.41 bits per heavy atom. The van der Waals surface area contributed by atoms with E-state index in [2.05, 4.69) is 0 Å². The zero-order valence-corrected chi connectivity index (χ0v) is 12.5. The summed E-state index contributed by atoms with van der Waals surface area (Å²) in [4.78, 5) is 35.7. The number of rotatable bonds is 4. The molecule has 1 unspecified atom stereocenters. The molecule has 1 aliphatic heterocycles. The maximum Gasteiger partial charge on any atom is 0.311 e. The third-order valence-electron chi connectivity index (χ3n) is 4.42. The second kappa shape index (κ2) is 5.75. The van der Waals surface area contributed by atoms with E-state index in [1.54, 1.807) is 0 Å². The summed E-state index contributed by atoms with van der Waals surface area (Å²) < 4.78 is 0. The van der Waals surface area contributed by atoms with Crippen LogP contribution in [0.5, 0.6) is 0 Å². The first-order chi connectivity index (χ1) is 10.3. The molecule has 0 aliphatic carbocycles. The Morgan fingerprint density at radius 3 is 2.59 bits per heavy atom. The van der Waals surface area contributed by atoms with Crippen LogP contribution >= 0.6 is 0 Å². The van der Waals surface area contributed by atoms with Crippen LogP contribution in [-0.4, -0.2) is 39.9 Å². The van der Waals surface area contributed by atoms with Gasteiger partial charge in [0.05, 0.1) is 10.3 Å². The summed E-state index contributed by atoms with van der Waals surface area (Å²) in [7, 11) is 0. The highest BCUT2D eigenvalue weighted by atomic mass is 16.6. The summed E-state index contributed by atoms with van der Waals surface area (Å²) in [6.07, 6.45) is 0.390. The van der Waals surface area contributed by atoms with Crippen molar-refractivity contribution in [3.8, 4) is 0 Å². The van der Waals surface area contributed by atoms with Gasteiger partial charge in [0.15, 0.2) is 0 Å². The van der Waals surface area contributed by atoms with Gasteiger partial charge in [-0.25, -0.2) is 0 Å². The van der Waals surface area contributed by atoms with Crippen LogP contribution in [0.4, 0.5) is 5.69 Å². The van der Waals surface area contributed by atoms with E-state index in [0.717, 1.165) is 0 Å². The van der Waals surface area contributed by atoms with Crippen molar-refractivity contribution in [3.63, 3.8) is 0 Å². The third kappa shape index (κ3) is 2.66. The van der Waals surface area contributed by atoms with E-state index in [0.29, 0.717) is 13.0 Å². The van der Waals surface area contributed by atoms with E-state index in [4.69, 9.17) is 0 Å². The Bertz CT molecular complexity index is 628. The Kier molecular flexibility index (Phi) is 4.16. The van der Waals surface area contributed by atoms with Crippen LogP contribution in [-0.2, 0) is 4.79 Å². The number of likely N-dealkylation sites (tertiary alicyclic amines) is 1. The molecule has 0 aromatic heterocycles. The van der Waals surface area contributed by atoms with Gasteiger partial charge in [-0.05, 0) is 18.4 Å². The minimum Gasteiger partial charge on any atom is -0.481 e. The minimum absolute atomic E-state index is 0.104. The van der Waals surface area contributed by atoms with E-state index >= 15 is 0 Å². The average molecular weight is 306 g/mol. The zero-order valence-electron chi connectivity index (χ0n) is 12.5. The summed E-state index contributed by atoms with van der Waals surface area (Å²) in [6.45, 7) is 4.12. The summed E-state index contributed by atoms with van der Waals surface area (Å²) in [5.41, 5.74) is -0.895. The number of hydrogen-bond donors (Lipinski definition) is 1. The molecule has 1 aromatic rings. The molecule has 7 heteroatoms. The number of benzene rings is 1. The molecular formula is C15H18N2O5. The maximum atomic E-state index is 12.5. The van der Waals surface area contributed by atoms with Gasteiger partial charge in [0, 0.05) is 30.8 Å². The van der Waals surface area contributed by atoms with Gasteiger partial charge in [-0.2, -0.15) is 0 Å². The fraction of sp³-hybridized carbons (Fsp3) is 0.467. The van der Waals surface area contributed by atoms with Crippen molar-refractivity contribution >= 4 is 17.6 Å². The van der Waals surface area contributed by atoms with Gasteiger partial charge in [0.25, 0.3) is 11.6 Å². The van der Waals surface area contributed by atoms with Gasteiger partial charge >= 0.3 is 5.97 Å². The summed E-state index contributed by atoms with van der Waals surface area (Å²) >= 11 is 0. The zero-order chi connectivity index (χ0) is 16.5. The smallest absolute Gasteiger partial charge is 0.311 e. The van der Waals surface area contributed by atoms with Crippen LogP contribution in [0.1, 0.15) is 30.6 Å². The molecule has 1 aromatic carbocycles. The van der Waals surface area contributed by atoms with Gasteiger partial charge in [0.1, 0.15) is 0 Å². The molecule has 22 heavy (non-hydrogen) atoms. The second-order valence-electron chi connectivity index (χ2n) is 5.90. The van der Waals surface area contributed by atoms with E-state index < -0.39 is 16.3 Å². The molecule has 0 spiro atoms. The standard InChI is InChI=1S/C15H18N2O5/c1-10(2)15(14(19)20)6-7-16(9-15)13(18)11-4-3-5-12(8-11)17(21)22/h3-5,8,10H,6-7,9H2,1-2H3,(H,19,20). The Hall–Kier alpha value is -2.44. The second-order valence-corrected chi connectivity index (χ2v) is 5.90. The largest absolute Gasteiger partial charge is 0.481 e. The quantitative estimate of drug-likeness (QED) is 0.678. The highest BCUT2D eigenvalue weighted by Crippen LogP contribution is 2.38. The molecule has 0 saturated carbocycles. The van der Waals surface area contributed by atoms with Crippen molar-refractivity contribution in [2.75, 3.05) is 13.1 Å². The van der Waals surface area contributed by atoms with Crippen molar-refractivity contribution in [2.24, 2.45) is 11.3 Å². The number of carbonyl (C=O) groups excluding carboxylic acids is 1. The van der Waals surface area contributed by atoms with E-state index in [1.807, 2.05) is 13.8 Å². The van der Waals surface area contributed by atoms with Crippen molar-refractivity contribution < 1.29 is 19.6 Å². The average Bonchev–Trinajstić information content (AvgIpc) is 2.93. The molecule has 1 fully saturated rings. The van der Waals surface area contributed by atoms with Crippen LogP contribution < -0.4 is 0 Å². The van der Waals surface area contributed by atoms with E-state index in [-0.39, 0.29) is 29.6 Å². The highest BCUT2D eigenvalue weighted by Gasteiger charge is 2.48. The number of nitrogens with zero attached hydrogens (tertiary/aromatic N) is 2. The van der Waals surface area contributed by atoms with Gasteiger partial charge in [0.2, 0.25) is 0 Å². The first-order valence-electron chi connectivity index (χ1n) is 7.05. The molecule has 1 aliphatic rings. The van der Waals surface area contributed by atoms with Crippen LogP contribution in [0, 0.1) is 21.4 Å². The number of hydrogen-bond acceptors (Lipinski definition) is 4. The maximum absolute atomic E-state index is 12.5. The van der Waals surface area contributed by atoms with Crippen molar-refractivity contribution in [3.05, 3.63) is 39.9 Å². The van der Waals surface area contributed by atoms with E-state index in [9.17, 15) is 24.8 Å². The number of aliphatic carboxylic acids is 1. The molecular weight excluding hydrogens is 288 g/mol. The fourth-order valence-electron chi connectivity index (χ4n) is 2.83. The predicted molar refractivity (Wildman–Crippen MR) is 78.5 cm³/mol. The number of non-ortho nitro benzene ring substituents is 1. The van der Waals surface area contributed by atoms with Crippen molar-refractivity contribution in [1.29, 1.82) is 0 Å². The van der Waals surface area contributed by atoms with Crippen molar-refractivity contribution in [1.82, 2.24) is 4.90 Å². The summed E-state index contributed by atoms with van der Waals surface area (Å²) in [5.74, 6) is -1.38. The molecule has 1 atom stereocenters. The lowest BCUT2D eigenvalue weighted by Gasteiger charge is -2.28.